The van der Waals surface area contributed by atoms with Gasteiger partial charge in [-0.3, -0.25) is 0 Å². The van der Waals surface area contributed by atoms with E-state index in [1.807, 2.05) is 6.92 Å². The predicted molar refractivity (Wildman–Crippen MR) is 75.0 cm³/mol. The molecule has 0 aliphatic rings. The van der Waals surface area contributed by atoms with Gasteiger partial charge in [-0.15, -0.1) is 0 Å². The quantitative estimate of drug-likeness (QED) is 0.714. The number of hydrogen-bond acceptors (Lipinski definition) is 4. The van der Waals surface area contributed by atoms with Crippen LogP contribution in [-0.4, -0.2) is 28.2 Å². The molecule has 1 atom stereocenters. The average molecular weight is 272 g/mol. The van der Waals surface area contributed by atoms with Crippen molar-refractivity contribution >= 4 is 17.4 Å². The predicted octanol–water partition coefficient (Wildman–Crippen LogP) is 2.90. The molecule has 5 heteroatoms. The van der Waals surface area contributed by atoms with Crippen molar-refractivity contribution in [2.24, 2.45) is 5.92 Å². The van der Waals surface area contributed by atoms with E-state index < -0.39 is 0 Å². The second kappa shape index (κ2) is 8.27. The van der Waals surface area contributed by atoms with Crippen LogP contribution in [0.15, 0.2) is 6.07 Å². The minimum atomic E-state index is 0.233. The molecule has 0 bridgehead atoms. The van der Waals surface area contributed by atoms with Crippen molar-refractivity contribution in [3.8, 4) is 0 Å². The van der Waals surface area contributed by atoms with Crippen LogP contribution in [0.1, 0.15) is 38.9 Å². The highest BCUT2D eigenvalue weighted by Gasteiger charge is 2.08. The molecule has 0 saturated carbocycles. The molecule has 0 aromatic carbocycles. The van der Waals surface area contributed by atoms with Gasteiger partial charge in [-0.1, -0.05) is 31.9 Å². The Bertz CT molecular complexity index is 354. The molecule has 0 fully saturated rings. The fourth-order valence-electron chi connectivity index (χ4n) is 1.90. The summed E-state index contributed by atoms with van der Waals surface area (Å²) in [6.07, 6.45) is 3.81. The Kier molecular flexibility index (Phi) is 6.98. The summed E-state index contributed by atoms with van der Waals surface area (Å²) < 4.78 is 0. The lowest BCUT2D eigenvalue weighted by molar-refractivity contribution is 0.255. The molecular formula is C13H22ClN3O. The van der Waals surface area contributed by atoms with Gasteiger partial charge in [0, 0.05) is 25.6 Å². The zero-order valence-electron chi connectivity index (χ0n) is 11.1. The van der Waals surface area contributed by atoms with Crippen LogP contribution in [0.2, 0.25) is 5.15 Å². The lowest BCUT2D eigenvalue weighted by Crippen LogP contribution is -2.16. The number of aryl methyl sites for hydroxylation is 1. The normalized spacial score (nSPS) is 12.4. The monoisotopic (exact) mass is 271 g/mol. The SMILES string of the molecule is CCCC(CCO)CNc1cc(Cl)nc(CC)n1. The molecule has 18 heavy (non-hydrogen) atoms. The average Bonchev–Trinajstić information content (AvgIpc) is 2.36. The van der Waals surface area contributed by atoms with Gasteiger partial charge >= 0.3 is 0 Å². The van der Waals surface area contributed by atoms with Gasteiger partial charge in [0.1, 0.15) is 16.8 Å². The highest BCUT2D eigenvalue weighted by Crippen LogP contribution is 2.15. The first-order valence-electron chi connectivity index (χ1n) is 6.57. The first-order chi connectivity index (χ1) is 8.69. The van der Waals surface area contributed by atoms with Crippen LogP contribution < -0.4 is 5.32 Å². The zero-order valence-corrected chi connectivity index (χ0v) is 11.9. The van der Waals surface area contributed by atoms with E-state index >= 15 is 0 Å². The number of aliphatic hydroxyl groups excluding tert-OH is 1. The molecule has 0 saturated heterocycles. The number of nitrogens with zero attached hydrogens (tertiary/aromatic N) is 2. The van der Waals surface area contributed by atoms with E-state index in [4.69, 9.17) is 16.7 Å². The van der Waals surface area contributed by atoms with E-state index in [1.165, 1.54) is 0 Å². The van der Waals surface area contributed by atoms with Crippen LogP contribution in [0.3, 0.4) is 0 Å². The van der Waals surface area contributed by atoms with E-state index in [-0.39, 0.29) is 6.61 Å². The van der Waals surface area contributed by atoms with Crippen LogP contribution in [0.25, 0.3) is 0 Å². The first-order valence-corrected chi connectivity index (χ1v) is 6.95. The fraction of sp³-hybridized carbons (Fsp3) is 0.692. The van der Waals surface area contributed by atoms with E-state index in [1.54, 1.807) is 6.07 Å². The number of nitrogens with one attached hydrogen (secondary N) is 1. The molecule has 1 aromatic rings. The van der Waals surface area contributed by atoms with Crippen molar-refractivity contribution in [2.45, 2.75) is 39.5 Å². The van der Waals surface area contributed by atoms with Crippen LogP contribution in [0.5, 0.6) is 0 Å². The Morgan fingerprint density at radius 2 is 2.11 bits per heavy atom. The standard InChI is InChI=1S/C13H22ClN3O/c1-3-5-10(6-7-18)9-15-13-8-11(14)16-12(4-2)17-13/h8,10,18H,3-7,9H2,1-2H3,(H,15,16,17). The summed E-state index contributed by atoms with van der Waals surface area (Å²) in [5.41, 5.74) is 0. The molecule has 0 spiro atoms. The molecule has 1 rings (SSSR count). The summed E-state index contributed by atoms with van der Waals surface area (Å²) in [5, 5.41) is 12.8. The molecule has 4 nitrogen and oxygen atoms in total. The lowest BCUT2D eigenvalue weighted by atomic mass is 10.0. The molecule has 0 radical (unpaired) electrons. The summed E-state index contributed by atoms with van der Waals surface area (Å²) in [5.74, 6) is 1.99. The third kappa shape index (κ3) is 5.19. The van der Waals surface area contributed by atoms with Gasteiger partial charge in [0.05, 0.1) is 0 Å². The van der Waals surface area contributed by atoms with Gasteiger partial charge < -0.3 is 10.4 Å². The van der Waals surface area contributed by atoms with Crippen LogP contribution in [-0.2, 0) is 6.42 Å². The number of halogens is 1. The highest BCUT2D eigenvalue weighted by atomic mass is 35.5. The molecule has 0 aliphatic carbocycles. The molecule has 1 unspecified atom stereocenters. The summed E-state index contributed by atoms with van der Waals surface area (Å²) in [4.78, 5) is 8.50. The van der Waals surface area contributed by atoms with Crippen molar-refractivity contribution in [1.82, 2.24) is 9.97 Å². The first kappa shape index (κ1) is 15.2. The second-order valence-corrected chi connectivity index (χ2v) is 4.78. The topological polar surface area (TPSA) is 58.0 Å². The van der Waals surface area contributed by atoms with Gasteiger partial charge in [-0.05, 0) is 18.8 Å². The van der Waals surface area contributed by atoms with E-state index in [2.05, 4.69) is 22.2 Å². The Morgan fingerprint density at radius 3 is 2.72 bits per heavy atom. The van der Waals surface area contributed by atoms with E-state index in [0.29, 0.717) is 11.1 Å². The Hall–Kier alpha value is -0.870. The van der Waals surface area contributed by atoms with E-state index in [9.17, 15) is 0 Å². The van der Waals surface area contributed by atoms with Crippen LogP contribution >= 0.6 is 11.6 Å². The highest BCUT2D eigenvalue weighted by molar-refractivity contribution is 6.29. The number of aliphatic hydroxyl groups is 1. The molecular weight excluding hydrogens is 250 g/mol. The summed E-state index contributed by atoms with van der Waals surface area (Å²) in [6.45, 7) is 5.20. The van der Waals surface area contributed by atoms with Crippen LogP contribution in [0.4, 0.5) is 5.82 Å². The summed E-state index contributed by atoms with van der Waals surface area (Å²) in [7, 11) is 0. The van der Waals surface area contributed by atoms with Gasteiger partial charge in [-0.2, -0.15) is 0 Å². The van der Waals surface area contributed by atoms with Gasteiger partial charge in [0.25, 0.3) is 0 Å². The van der Waals surface area contributed by atoms with Gasteiger partial charge in [-0.25, -0.2) is 9.97 Å². The number of anilines is 1. The molecule has 1 heterocycles. The minimum Gasteiger partial charge on any atom is -0.396 e. The van der Waals surface area contributed by atoms with Crippen molar-refractivity contribution in [3.63, 3.8) is 0 Å². The molecule has 0 amide bonds. The second-order valence-electron chi connectivity index (χ2n) is 4.39. The van der Waals surface area contributed by atoms with E-state index in [0.717, 1.165) is 43.9 Å². The maximum absolute atomic E-state index is 9.01. The maximum Gasteiger partial charge on any atom is 0.134 e. The Balaban J connectivity index is 2.57. The van der Waals surface area contributed by atoms with Crippen molar-refractivity contribution < 1.29 is 5.11 Å². The van der Waals surface area contributed by atoms with Gasteiger partial charge in [0.2, 0.25) is 0 Å². The zero-order chi connectivity index (χ0) is 13.4. The third-order valence-electron chi connectivity index (χ3n) is 2.86. The lowest BCUT2D eigenvalue weighted by Gasteiger charge is -2.16. The Morgan fingerprint density at radius 1 is 1.33 bits per heavy atom. The molecule has 1 aromatic heterocycles. The summed E-state index contributed by atoms with van der Waals surface area (Å²) in [6, 6.07) is 1.74. The molecule has 2 N–H and O–H groups in total. The molecule has 102 valence electrons. The fourth-order valence-corrected chi connectivity index (χ4v) is 2.10. The van der Waals surface area contributed by atoms with Crippen molar-refractivity contribution in [2.75, 3.05) is 18.5 Å². The largest absolute Gasteiger partial charge is 0.396 e. The van der Waals surface area contributed by atoms with Gasteiger partial charge in [0.15, 0.2) is 0 Å². The smallest absolute Gasteiger partial charge is 0.134 e. The minimum absolute atomic E-state index is 0.233. The Labute approximate surface area is 114 Å². The van der Waals surface area contributed by atoms with Crippen molar-refractivity contribution in [1.29, 1.82) is 0 Å². The number of aromatic nitrogens is 2. The number of hydrogen-bond donors (Lipinski definition) is 2. The van der Waals surface area contributed by atoms with Crippen molar-refractivity contribution in [3.05, 3.63) is 17.0 Å². The van der Waals surface area contributed by atoms with Crippen LogP contribution in [0, 0.1) is 5.92 Å². The third-order valence-corrected chi connectivity index (χ3v) is 3.06. The summed E-state index contributed by atoms with van der Waals surface area (Å²) >= 11 is 5.94. The maximum atomic E-state index is 9.01. The number of rotatable bonds is 8. The molecule has 0 aliphatic heterocycles.